The third-order valence-corrected chi connectivity index (χ3v) is 1.86. The highest BCUT2D eigenvalue weighted by molar-refractivity contribution is 5.76. The van der Waals surface area contributed by atoms with Crippen LogP contribution in [-0.2, 0) is 0 Å². The van der Waals surface area contributed by atoms with Gasteiger partial charge in [0.1, 0.15) is 12.6 Å². The molecule has 1 aromatic heterocycles. The van der Waals surface area contributed by atoms with Crippen molar-refractivity contribution in [2.24, 2.45) is 0 Å². The molecule has 0 aliphatic heterocycles. The Kier molecular flexibility index (Phi) is 1.81. The van der Waals surface area contributed by atoms with E-state index < -0.39 is 0 Å². The smallest absolute Gasteiger partial charge is 0.331 e. The summed E-state index contributed by atoms with van der Waals surface area (Å²) in [7, 11) is 3.15. The standard InChI is InChI=1S/C9H10N2O2/c1-12-9-10-7-5-3-4-6-8(7)11(9)13-2/h3-6H,1-2H3. The Bertz CT molecular complexity index is 422. The largest absolute Gasteiger partial charge is 0.466 e. The van der Waals surface area contributed by atoms with Gasteiger partial charge in [-0.3, -0.25) is 0 Å². The number of aromatic nitrogens is 2. The lowest BCUT2D eigenvalue weighted by molar-refractivity contribution is 0.146. The van der Waals surface area contributed by atoms with Crippen LogP contribution in [0.2, 0.25) is 0 Å². The zero-order valence-electron chi connectivity index (χ0n) is 7.52. The Balaban J connectivity index is 2.73. The van der Waals surface area contributed by atoms with Gasteiger partial charge in [-0.15, -0.1) is 4.73 Å². The van der Waals surface area contributed by atoms with Gasteiger partial charge >= 0.3 is 6.01 Å². The van der Waals surface area contributed by atoms with E-state index in [-0.39, 0.29) is 0 Å². The molecule has 0 aliphatic carbocycles. The number of fused-ring (bicyclic) bond motifs is 1. The third kappa shape index (κ3) is 1.11. The van der Waals surface area contributed by atoms with Crippen LogP contribution in [0.25, 0.3) is 11.0 Å². The fourth-order valence-electron chi connectivity index (χ4n) is 1.29. The second kappa shape index (κ2) is 2.97. The monoisotopic (exact) mass is 178 g/mol. The highest BCUT2D eigenvalue weighted by Crippen LogP contribution is 2.18. The number of benzene rings is 1. The number of rotatable bonds is 2. The topological polar surface area (TPSA) is 36.3 Å². The van der Waals surface area contributed by atoms with Crippen LogP contribution in [0.1, 0.15) is 0 Å². The van der Waals surface area contributed by atoms with Crippen LogP contribution in [0.5, 0.6) is 6.01 Å². The summed E-state index contributed by atoms with van der Waals surface area (Å²) in [4.78, 5) is 9.34. The molecule has 1 heterocycles. The van der Waals surface area contributed by atoms with Crippen LogP contribution in [0.3, 0.4) is 0 Å². The van der Waals surface area contributed by atoms with E-state index in [0.717, 1.165) is 11.0 Å². The average Bonchev–Trinajstić information content (AvgIpc) is 2.55. The van der Waals surface area contributed by atoms with Crippen LogP contribution in [0.4, 0.5) is 0 Å². The number of nitrogens with zero attached hydrogens (tertiary/aromatic N) is 2. The predicted molar refractivity (Wildman–Crippen MR) is 48.8 cm³/mol. The second-order valence-electron chi connectivity index (χ2n) is 2.56. The SMILES string of the molecule is COc1nc2ccccc2n1OC. The molecule has 0 radical (unpaired) electrons. The van der Waals surface area contributed by atoms with Gasteiger partial charge in [-0.2, -0.15) is 4.98 Å². The summed E-state index contributed by atoms with van der Waals surface area (Å²) in [6, 6.07) is 8.15. The summed E-state index contributed by atoms with van der Waals surface area (Å²) < 4.78 is 6.60. The first-order valence-electron chi connectivity index (χ1n) is 3.92. The summed E-state index contributed by atoms with van der Waals surface area (Å²) in [5.74, 6) is 0. The number of methoxy groups -OCH3 is 1. The average molecular weight is 178 g/mol. The molecule has 0 amide bonds. The molecule has 1 aromatic carbocycles. The quantitative estimate of drug-likeness (QED) is 0.691. The molecule has 0 N–H and O–H groups in total. The van der Waals surface area contributed by atoms with Crippen molar-refractivity contribution in [3.63, 3.8) is 0 Å². The molecule has 13 heavy (non-hydrogen) atoms. The van der Waals surface area contributed by atoms with Crippen LogP contribution in [-0.4, -0.2) is 23.9 Å². The number of ether oxygens (including phenoxy) is 1. The lowest BCUT2D eigenvalue weighted by atomic mass is 10.3. The molecule has 0 bridgehead atoms. The fraction of sp³-hybridized carbons (Fsp3) is 0.222. The minimum absolute atomic E-state index is 0.462. The van der Waals surface area contributed by atoms with E-state index >= 15 is 0 Å². The van der Waals surface area contributed by atoms with Crippen molar-refractivity contribution in [1.82, 2.24) is 9.71 Å². The van der Waals surface area contributed by atoms with E-state index in [0.29, 0.717) is 6.01 Å². The van der Waals surface area contributed by atoms with E-state index in [1.165, 1.54) is 0 Å². The first-order chi connectivity index (χ1) is 6.36. The van der Waals surface area contributed by atoms with E-state index in [2.05, 4.69) is 4.98 Å². The van der Waals surface area contributed by atoms with Crippen molar-refractivity contribution < 1.29 is 9.57 Å². The van der Waals surface area contributed by atoms with Crippen molar-refractivity contribution in [2.75, 3.05) is 14.2 Å². The number of imidazole rings is 1. The Morgan fingerprint density at radius 3 is 2.69 bits per heavy atom. The molecule has 2 aromatic rings. The zero-order chi connectivity index (χ0) is 9.26. The minimum atomic E-state index is 0.462. The highest BCUT2D eigenvalue weighted by atomic mass is 16.7. The van der Waals surface area contributed by atoms with Gasteiger partial charge in [0.05, 0.1) is 12.6 Å². The van der Waals surface area contributed by atoms with Gasteiger partial charge in [0.2, 0.25) is 0 Å². The predicted octanol–water partition coefficient (Wildman–Crippen LogP) is 1.10. The van der Waals surface area contributed by atoms with E-state index in [9.17, 15) is 0 Å². The van der Waals surface area contributed by atoms with Crippen LogP contribution in [0.15, 0.2) is 24.3 Å². The molecule has 0 atom stereocenters. The molecule has 0 fully saturated rings. The molecule has 0 spiro atoms. The van der Waals surface area contributed by atoms with Crippen molar-refractivity contribution in [3.05, 3.63) is 24.3 Å². The molecule has 68 valence electrons. The summed E-state index contributed by atoms with van der Waals surface area (Å²) in [5, 5.41) is 0. The lowest BCUT2D eigenvalue weighted by Gasteiger charge is -2.03. The Labute approximate surface area is 75.7 Å². The molecule has 4 nitrogen and oxygen atoms in total. The summed E-state index contributed by atoms with van der Waals surface area (Å²) in [5.41, 5.74) is 1.77. The maximum absolute atomic E-state index is 5.12. The Morgan fingerprint density at radius 2 is 2.00 bits per heavy atom. The maximum Gasteiger partial charge on any atom is 0.331 e. The molecular formula is C9H10N2O2. The van der Waals surface area contributed by atoms with Crippen molar-refractivity contribution in [3.8, 4) is 6.01 Å². The second-order valence-corrected chi connectivity index (χ2v) is 2.56. The molecule has 0 saturated heterocycles. The van der Waals surface area contributed by atoms with Gasteiger partial charge in [-0.25, -0.2) is 0 Å². The van der Waals surface area contributed by atoms with Crippen molar-refractivity contribution >= 4 is 11.0 Å². The Morgan fingerprint density at radius 1 is 1.23 bits per heavy atom. The lowest BCUT2D eigenvalue weighted by Crippen LogP contribution is -2.07. The van der Waals surface area contributed by atoms with Gasteiger partial charge in [-0.05, 0) is 12.1 Å². The highest BCUT2D eigenvalue weighted by Gasteiger charge is 2.09. The molecule has 0 aliphatic rings. The van der Waals surface area contributed by atoms with Crippen molar-refractivity contribution in [1.29, 1.82) is 0 Å². The van der Waals surface area contributed by atoms with Crippen LogP contribution in [0, 0.1) is 0 Å². The van der Waals surface area contributed by atoms with Gasteiger partial charge < -0.3 is 9.57 Å². The first-order valence-corrected chi connectivity index (χ1v) is 3.92. The Hall–Kier alpha value is -1.71. The number of hydrogen-bond acceptors (Lipinski definition) is 3. The van der Waals surface area contributed by atoms with E-state index in [4.69, 9.17) is 9.57 Å². The van der Waals surface area contributed by atoms with Crippen molar-refractivity contribution in [2.45, 2.75) is 0 Å². The number of hydrogen-bond donors (Lipinski definition) is 0. The molecule has 2 rings (SSSR count). The minimum Gasteiger partial charge on any atom is -0.466 e. The van der Waals surface area contributed by atoms with Crippen LogP contribution >= 0.6 is 0 Å². The summed E-state index contributed by atoms with van der Waals surface area (Å²) >= 11 is 0. The first kappa shape index (κ1) is 7.91. The maximum atomic E-state index is 5.12. The number of para-hydroxylation sites is 2. The zero-order valence-corrected chi connectivity index (χ0v) is 7.52. The summed E-state index contributed by atoms with van der Waals surface area (Å²) in [6.45, 7) is 0. The van der Waals surface area contributed by atoms with Crippen LogP contribution < -0.4 is 9.57 Å². The van der Waals surface area contributed by atoms with Gasteiger partial charge in [0.25, 0.3) is 0 Å². The third-order valence-electron chi connectivity index (χ3n) is 1.86. The van der Waals surface area contributed by atoms with E-state index in [1.54, 1.807) is 19.0 Å². The molecule has 0 unspecified atom stereocenters. The molecule has 0 saturated carbocycles. The van der Waals surface area contributed by atoms with Gasteiger partial charge in [0.15, 0.2) is 0 Å². The molecular weight excluding hydrogens is 168 g/mol. The van der Waals surface area contributed by atoms with E-state index in [1.807, 2.05) is 24.3 Å². The van der Waals surface area contributed by atoms with Gasteiger partial charge in [-0.1, -0.05) is 12.1 Å². The fourth-order valence-corrected chi connectivity index (χ4v) is 1.29. The molecule has 4 heteroatoms. The normalized spacial score (nSPS) is 10.3. The van der Waals surface area contributed by atoms with Gasteiger partial charge in [0, 0.05) is 0 Å². The summed E-state index contributed by atoms with van der Waals surface area (Å²) in [6.07, 6.45) is 0.